The maximum atomic E-state index is 11.6. The number of rotatable bonds is 2. The van der Waals surface area contributed by atoms with Gasteiger partial charge in [-0.3, -0.25) is 0 Å². The Hall–Kier alpha value is -3.75. The molecule has 0 aliphatic carbocycles. The van der Waals surface area contributed by atoms with Crippen molar-refractivity contribution in [3.8, 4) is 23.7 Å². The van der Waals surface area contributed by atoms with E-state index in [1.807, 2.05) is 66.7 Å². The smallest absolute Gasteiger partial charge is 0.338 e. The van der Waals surface area contributed by atoms with Gasteiger partial charge in [-0.1, -0.05) is 41.9 Å². The number of carbonyl (C=O) groups excluding carboxylic acids is 1. The van der Waals surface area contributed by atoms with Crippen molar-refractivity contribution in [2.75, 3.05) is 6.61 Å². The quantitative estimate of drug-likeness (QED) is 0.496. The lowest BCUT2D eigenvalue weighted by atomic mass is 10.1. The Bertz CT molecular complexity index is 1020. The van der Waals surface area contributed by atoms with E-state index in [9.17, 15) is 4.79 Å². The maximum Gasteiger partial charge on any atom is 0.338 e. The summed E-state index contributed by atoms with van der Waals surface area (Å²) in [6.45, 7) is 2.16. The van der Waals surface area contributed by atoms with Gasteiger partial charge in [0.25, 0.3) is 0 Å². The van der Waals surface area contributed by atoms with Gasteiger partial charge in [-0.25, -0.2) is 4.79 Å². The highest BCUT2D eigenvalue weighted by atomic mass is 16.5. The molecule has 2 heteroatoms. The highest BCUT2D eigenvalue weighted by molar-refractivity contribution is 5.89. The third-order valence-corrected chi connectivity index (χ3v) is 3.76. The molecule has 0 saturated carbocycles. The minimum atomic E-state index is -0.316. The predicted octanol–water partition coefficient (Wildman–Crippen LogP) is 4.66. The van der Waals surface area contributed by atoms with Crippen LogP contribution in [0.5, 0.6) is 0 Å². The first kappa shape index (κ1) is 18.1. The Morgan fingerprint density at radius 2 is 1.07 bits per heavy atom. The molecule has 3 rings (SSSR count). The zero-order valence-electron chi connectivity index (χ0n) is 15.0. The van der Waals surface area contributed by atoms with E-state index in [0.29, 0.717) is 12.2 Å². The van der Waals surface area contributed by atoms with E-state index in [4.69, 9.17) is 4.74 Å². The van der Waals surface area contributed by atoms with Crippen molar-refractivity contribution in [3.63, 3.8) is 0 Å². The Morgan fingerprint density at radius 1 is 0.667 bits per heavy atom. The monoisotopic (exact) mass is 350 g/mol. The summed E-state index contributed by atoms with van der Waals surface area (Å²) in [7, 11) is 0. The Morgan fingerprint density at radius 3 is 1.52 bits per heavy atom. The molecule has 0 aromatic heterocycles. The Labute approximate surface area is 159 Å². The van der Waals surface area contributed by atoms with Crippen molar-refractivity contribution < 1.29 is 9.53 Å². The molecule has 3 aromatic carbocycles. The lowest BCUT2D eigenvalue weighted by Crippen LogP contribution is -2.04. The molecular weight excluding hydrogens is 332 g/mol. The molecule has 0 N–H and O–H groups in total. The van der Waals surface area contributed by atoms with Crippen LogP contribution in [0.15, 0.2) is 78.9 Å². The molecule has 0 unspecified atom stereocenters. The van der Waals surface area contributed by atoms with Crippen LogP contribution in [0.2, 0.25) is 0 Å². The van der Waals surface area contributed by atoms with Crippen LogP contribution >= 0.6 is 0 Å². The van der Waals surface area contributed by atoms with Gasteiger partial charge in [-0.05, 0) is 67.6 Å². The number of carbonyl (C=O) groups is 1. The summed E-state index contributed by atoms with van der Waals surface area (Å²) < 4.78 is 4.97. The van der Waals surface area contributed by atoms with E-state index < -0.39 is 0 Å². The van der Waals surface area contributed by atoms with Crippen LogP contribution in [0.1, 0.15) is 39.5 Å². The van der Waals surface area contributed by atoms with Crippen LogP contribution in [-0.4, -0.2) is 12.6 Å². The lowest BCUT2D eigenvalue weighted by molar-refractivity contribution is 0.0526. The number of benzene rings is 3. The second kappa shape index (κ2) is 9.09. The summed E-state index contributed by atoms with van der Waals surface area (Å²) in [5.41, 5.74) is 4.23. The third kappa shape index (κ3) is 5.36. The first-order chi connectivity index (χ1) is 13.2. The summed E-state index contributed by atoms with van der Waals surface area (Å²) in [5.74, 6) is 12.2. The molecule has 130 valence electrons. The van der Waals surface area contributed by atoms with E-state index in [1.165, 1.54) is 0 Å². The molecule has 3 aromatic rings. The van der Waals surface area contributed by atoms with Crippen LogP contribution in [0.3, 0.4) is 0 Å². The normalized spacial score (nSPS) is 9.37. The molecule has 0 fully saturated rings. The number of esters is 1. The summed E-state index contributed by atoms with van der Waals surface area (Å²) in [6.07, 6.45) is 0. The largest absolute Gasteiger partial charge is 0.462 e. The second-order valence-corrected chi connectivity index (χ2v) is 5.74. The van der Waals surface area contributed by atoms with Gasteiger partial charge in [0.05, 0.1) is 12.2 Å². The number of hydrogen-bond donors (Lipinski definition) is 0. The van der Waals surface area contributed by atoms with Crippen molar-refractivity contribution in [1.29, 1.82) is 0 Å². The van der Waals surface area contributed by atoms with E-state index in [2.05, 4.69) is 23.7 Å². The van der Waals surface area contributed by atoms with Crippen LogP contribution < -0.4 is 0 Å². The van der Waals surface area contributed by atoms with Gasteiger partial charge in [0.1, 0.15) is 0 Å². The van der Waals surface area contributed by atoms with Gasteiger partial charge in [-0.2, -0.15) is 0 Å². The zero-order chi connectivity index (χ0) is 18.9. The van der Waals surface area contributed by atoms with Gasteiger partial charge in [-0.15, -0.1) is 0 Å². The van der Waals surface area contributed by atoms with Crippen molar-refractivity contribution in [3.05, 3.63) is 107 Å². The number of ether oxygens (including phenoxy) is 1. The summed E-state index contributed by atoms with van der Waals surface area (Å²) in [6, 6.07) is 24.8. The van der Waals surface area contributed by atoms with Gasteiger partial charge in [0, 0.05) is 22.3 Å². The lowest BCUT2D eigenvalue weighted by Gasteiger charge is -2.00. The van der Waals surface area contributed by atoms with Gasteiger partial charge < -0.3 is 4.74 Å². The first-order valence-corrected chi connectivity index (χ1v) is 8.71. The molecule has 0 aliphatic heterocycles. The van der Waals surface area contributed by atoms with Crippen molar-refractivity contribution >= 4 is 5.97 Å². The highest BCUT2D eigenvalue weighted by Gasteiger charge is 2.04. The van der Waals surface area contributed by atoms with Crippen molar-refractivity contribution in [2.45, 2.75) is 6.92 Å². The fraction of sp³-hybridized carbons (Fsp3) is 0.0800. The van der Waals surface area contributed by atoms with E-state index >= 15 is 0 Å². The summed E-state index contributed by atoms with van der Waals surface area (Å²) in [4.78, 5) is 11.6. The second-order valence-electron chi connectivity index (χ2n) is 5.74. The maximum absolute atomic E-state index is 11.6. The van der Waals surface area contributed by atoms with Crippen LogP contribution in [0, 0.1) is 23.7 Å². The standard InChI is InChI=1S/C25H18O2/c1-2-27-25(26)24-18-16-23(17-19-24)15-14-22-12-10-21(11-13-22)9-8-20-6-4-3-5-7-20/h3-7,10-13,16-19H,2H2,1H3. The Kier molecular flexibility index (Phi) is 6.08. The molecule has 0 bridgehead atoms. The molecule has 0 amide bonds. The van der Waals surface area contributed by atoms with Gasteiger partial charge >= 0.3 is 5.97 Å². The summed E-state index contributed by atoms with van der Waals surface area (Å²) in [5, 5.41) is 0. The van der Waals surface area contributed by atoms with Crippen molar-refractivity contribution in [2.24, 2.45) is 0 Å². The average Bonchev–Trinajstić information content (AvgIpc) is 2.73. The molecule has 2 nitrogen and oxygen atoms in total. The van der Waals surface area contributed by atoms with E-state index in [1.54, 1.807) is 19.1 Å². The van der Waals surface area contributed by atoms with E-state index in [-0.39, 0.29) is 5.97 Å². The molecular formula is C25H18O2. The Balaban J connectivity index is 1.67. The van der Waals surface area contributed by atoms with Gasteiger partial charge in [0.2, 0.25) is 0 Å². The molecule has 0 radical (unpaired) electrons. The fourth-order valence-electron chi connectivity index (χ4n) is 2.35. The third-order valence-electron chi connectivity index (χ3n) is 3.76. The molecule has 27 heavy (non-hydrogen) atoms. The molecule has 0 aliphatic rings. The average molecular weight is 350 g/mol. The highest BCUT2D eigenvalue weighted by Crippen LogP contribution is 2.07. The van der Waals surface area contributed by atoms with Gasteiger partial charge in [0.15, 0.2) is 0 Å². The SMILES string of the molecule is CCOC(=O)c1ccc(C#Cc2ccc(C#Cc3ccccc3)cc2)cc1. The van der Waals surface area contributed by atoms with Crippen molar-refractivity contribution in [1.82, 2.24) is 0 Å². The minimum absolute atomic E-state index is 0.316. The molecule has 0 atom stereocenters. The van der Waals surface area contributed by atoms with E-state index in [0.717, 1.165) is 22.3 Å². The minimum Gasteiger partial charge on any atom is -0.462 e. The summed E-state index contributed by atoms with van der Waals surface area (Å²) >= 11 is 0. The molecule has 0 spiro atoms. The van der Waals surface area contributed by atoms with Crippen LogP contribution in [0.4, 0.5) is 0 Å². The molecule has 0 heterocycles. The van der Waals surface area contributed by atoms with Crippen LogP contribution in [-0.2, 0) is 4.74 Å². The number of hydrogen-bond acceptors (Lipinski definition) is 2. The predicted molar refractivity (Wildman–Crippen MR) is 107 cm³/mol. The topological polar surface area (TPSA) is 26.3 Å². The molecule has 0 saturated heterocycles. The fourth-order valence-corrected chi connectivity index (χ4v) is 2.35. The first-order valence-electron chi connectivity index (χ1n) is 8.71. The zero-order valence-corrected chi connectivity index (χ0v) is 15.0. The van der Waals surface area contributed by atoms with Crippen LogP contribution in [0.25, 0.3) is 0 Å².